The molecule has 25 heavy (non-hydrogen) atoms. The molecule has 0 aliphatic heterocycles. The van der Waals surface area contributed by atoms with Gasteiger partial charge in [-0.15, -0.1) is 0 Å². The Morgan fingerprint density at radius 3 is 2.36 bits per heavy atom. The maximum atomic E-state index is 13.4. The highest BCUT2D eigenvalue weighted by Crippen LogP contribution is 2.11. The standard InChI is InChI=1S/C18H17FN2O4/c19-14-8-4-5-9-15(14)20-18(24)21-16(22)12-25-17(23)11-10-13-6-2-1-3-7-13/h1-9H,10-12H2,(H2,20,21,22,24). The van der Waals surface area contributed by atoms with Crippen LogP contribution in [-0.2, 0) is 20.7 Å². The maximum absolute atomic E-state index is 13.4. The van der Waals surface area contributed by atoms with Gasteiger partial charge in [-0.3, -0.25) is 14.9 Å². The lowest BCUT2D eigenvalue weighted by Crippen LogP contribution is -2.37. The van der Waals surface area contributed by atoms with Crippen LogP contribution in [0.15, 0.2) is 54.6 Å². The van der Waals surface area contributed by atoms with Gasteiger partial charge in [0.25, 0.3) is 5.91 Å². The average Bonchev–Trinajstić information content (AvgIpc) is 2.61. The third-order valence-electron chi connectivity index (χ3n) is 3.20. The molecule has 3 amide bonds. The molecule has 0 spiro atoms. The van der Waals surface area contributed by atoms with Crippen LogP contribution in [0.25, 0.3) is 0 Å². The number of anilines is 1. The minimum absolute atomic E-state index is 0.0624. The Morgan fingerprint density at radius 2 is 1.64 bits per heavy atom. The highest BCUT2D eigenvalue weighted by molar-refractivity contribution is 6.01. The highest BCUT2D eigenvalue weighted by atomic mass is 19.1. The van der Waals surface area contributed by atoms with Gasteiger partial charge in [-0.2, -0.15) is 0 Å². The summed E-state index contributed by atoms with van der Waals surface area (Å²) in [6.45, 7) is -0.585. The number of halogens is 1. The Labute approximate surface area is 144 Å². The molecule has 7 heteroatoms. The Morgan fingerprint density at radius 1 is 0.960 bits per heavy atom. The second kappa shape index (κ2) is 9.17. The molecule has 0 bridgehead atoms. The topological polar surface area (TPSA) is 84.5 Å². The number of hydrogen-bond acceptors (Lipinski definition) is 4. The number of amides is 3. The fourth-order valence-electron chi connectivity index (χ4n) is 1.99. The van der Waals surface area contributed by atoms with Gasteiger partial charge in [0.2, 0.25) is 0 Å². The number of rotatable bonds is 6. The van der Waals surface area contributed by atoms with Crippen molar-refractivity contribution in [3.63, 3.8) is 0 Å². The normalized spacial score (nSPS) is 9.96. The summed E-state index contributed by atoms with van der Waals surface area (Å²) in [5.74, 6) is -1.98. The van der Waals surface area contributed by atoms with Gasteiger partial charge in [-0.1, -0.05) is 42.5 Å². The summed E-state index contributed by atoms with van der Waals surface area (Å²) in [6, 6.07) is 14.0. The van der Waals surface area contributed by atoms with Crippen LogP contribution in [0.4, 0.5) is 14.9 Å². The van der Waals surface area contributed by atoms with Gasteiger partial charge in [-0.25, -0.2) is 9.18 Å². The van der Waals surface area contributed by atoms with Crippen molar-refractivity contribution in [3.05, 3.63) is 66.0 Å². The first kappa shape index (κ1) is 18.1. The lowest BCUT2D eigenvalue weighted by Gasteiger charge is -2.08. The SMILES string of the molecule is O=C(COC(=O)CCc1ccccc1)NC(=O)Nc1ccccc1F. The zero-order valence-electron chi connectivity index (χ0n) is 13.3. The zero-order valence-corrected chi connectivity index (χ0v) is 13.3. The van der Waals surface area contributed by atoms with Crippen molar-refractivity contribution in [2.45, 2.75) is 12.8 Å². The fraction of sp³-hybridized carbons (Fsp3) is 0.167. The highest BCUT2D eigenvalue weighted by Gasteiger charge is 2.12. The van der Waals surface area contributed by atoms with Gasteiger partial charge < -0.3 is 10.1 Å². The average molecular weight is 344 g/mol. The number of carbonyl (C=O) groups excluding carboxylic acids is 3. The smallest absolute Gasteiger partial charge is 0.326 e. The number of ether oxygens (including phenoxy) is 1. The summed E-state index contributed by atoms with van der Waals surface area (Å²) in [6.07, 6.45) is 0.619. The van der Waals surface area contributed by atoms with Crippen LogP contribution in [0, 0.1) is 5.82 Å². The van der Waals surface area contributed by atoms with Crippen molar-refractivity contribution >= 4 is 23.6 Å². The molecule has 0 aliphatic rings. The molecular weight excluding hydrogens is 327 g/mol. The lowest BCUT2D eigenvalue weighted by atomic mass is 10.1. The predicted molar refractivity (Wildman–Crippen MR) is 89.3 cm³/mol. The van der Waals surface area contributed by atoms with E-state index in [0.717, 1.165) is 5.56 Å². The monoisotopic (exact) mass is 344 g/mol. The number of urea groups is 1. The minimum atomic E-state index is -0.907. The third kappa shape index (κ3) is 6.42. The second-order valence-electron chi connectivity index (χ2n) is 5.13. The molecule has 6 nitrogen and oxygen atoms in total. The van der Waals surface area contributed by atoms with Crippen molar-refractivity contribution in [2.24, 2.45) is 0 Å². The van der Waals surface area contributed by atoms with E-state index in [-0.39, 0.29) is 12.1 Å². The molecule has 0 heterocycles. The molecule has 0 saturated heterocycles. The first-order chi connectivity index (χ1) is 12.0. The summed E-state index contributed by atoms with van der Waals surface area (Å²) in [5.41, 5.74) is 0.917. The van der Waals surface area contributed by atoms with Crippen LogP contribution in [0.3, 0.4) is 0 Å². The summed E-state index contributed by atoms with van der Waals surface area (Å²) in [7, 11) is 0. The van der Waals surface area contributed by atoms with E-state index in [2.05, 4.69) is 5.32 Å². The molecule has 0 aliphatic carbocycles. The van der Waals surface area contributed by atoms with E-state index in [1.807, 2.05) is 35.6 Å². The van der Waals surface area contributed by atoms with Crippen LogP contribution in [-0.4, -0.2) is 24.5 Å². The molecule has 0 fully saturated rings. The summed E-state index contributed by atoms with van der Waals surface area (Å²) in [4.78, 5) is 34.7. The molecule has 130 valence electrons. The zero-order chi connectivity index (χ0) is 18.1. The summed E-state index contributed by atoms with van der Waals surface area (Å²) in [5, 5.41) is 4.14. The fourth-order valence-corrected chi connectivity index (χ4v) is 1.99. The van der Waals surface area contributed by atoms with Crippen LogP contribution in [0.2, 0.25) is 0 Å². The van der Waals surface area contributed by atoms with Crippen LogP contribution < -0.4 is 10.6 Å². The number of aryl methyl sites for hydroxylation is 1. The molecule has 0 aromatic heterocycles. The van der Waals surface area contributed by atoms with Gasteiger partial charge in [0, 0.05) is 6.42 Å². The molecule has 2 aromatic carbocycles. The van der Waals surface area contributed by atoms with Gasteiger partial charge in [0.05, 0.1) is 5.69 Å². The first-order valence-electron chi connectivity index (χ1n) is 7.59. The van der Waals surface area contributed by atoms with Crippen LogP contribution in [0.5, 0.6) is 0 Å². The molecule has 2 aromatic rings. The Kier molecular flexibility index (Phi) is 6.65. The second-order valence-corrected chi connectivity index (χ2v) is 5.13. The summed E-state index contributed by atoms with van der Waals surface area (Å²) >= 11 is 0. The maximum Gasteiger partial charge on any atom is 0.326 e. The molecule has 0 unspecified atom stereocenters. The van der Waals surface area contributed by atoms with Gasteiger partial charge in [-0.05, 0) is 24.1 Å². The van der Waals surface area contributed by atoms with Crippen molar-refractivity contribution in [3.8, 4) is 0 Å². The van der Waals surface area contributed by atoms with Gasteiger partial charge in [0.15, 0.2) is 6.61 Å². The number of benzene rings is 2. The van der Waals surface area contributed by atoms with Crippen molar-refractivity contribution < 1.29 is 23.5 Å². The minimum Gasteiger partial charge on any atom is -0.456 e. The number of esters is 1. The van der Waals surface area contributed by atoms with E-state index in [1.165, 1.54) is 24.3 Å². The number of imide groups is 1. The van der Waals surface area contributed by atoms with Crippen molar-refractivity contribution in [1.82, 2.24) is 5.32 Å². The van der Waals surface area contributed by atoms with E-state index < -0.39 is 30.3 Å². The Balaban J connectivity index is 1.68. The molecule has 2 rings (SSSR count). The third-order valence-corrected chi connectivity index (χ3v) is 3.20. The lowest BCUT2D eigenvalue weighted by molar-refractivity contribution is -0.148. The van der Waals surface area contributed by atoms with Crippen molar-refractivity contribution in [2.75, 3.05) is 11.9 Å². The van der Waals surface area contributed by atoms with Gasteiger partial charge in [0.1, 0.15) is 5.82 Å². The van der Waals surface area contributed by atoms with E-state index in [9.17, 15) is 18.8 Å². The van der Waals surface area contributed by atoms with E-state index in [0.29, 0.717) is 6.42 Å². The molecule has 0 radical (unpaired) electrons. The molecule has 2 N–H and O–H groups in total. The Hall–Kier alpha value is -3.22. The Bertz CT molecular complexity index is 750. The first-order valence-corrected chi connectivity index (χ1v) is 7.59. The number of para-hydroxylation sites is 1. The molecule has 0 atom stereocenters. The van der Waals surface area contributed by atoms with E-state index in [1.54, 1.807) is 0 Å². The largest absolute Gasteiger partial charge is 0.456 e. The summed E-state index contributed by atoms with van der Waals surface area (Å²) < 4.78 is 18.2. The number of hydrogen-bond donors (Lipinski definition) is 2. The molecular formula is C18H17FN2O4. The molecule has 0 saturated carbocycles. The van der Waals surface area contributed by atoms with E-state index in [4.69, 9.17) is 4.74 Å². The number of nitrogens with one attached hydrogen (secondary N) is 2. The van der Waals surface area contributed by atoms with Crippen LogP contribution >= 0.6 is 0 Å². The quantitative estimate of drug-likeness (QED) is 0.789. The van der Waals surface area contributed by atoms with E-state index >= 15 is 0 Å². The number of carbonyl (C=O) groups is 3. The van der Waals surface area contributed by atoms with Crippen molar-refractivity contribution in [1.29, 1.82) is 0 Å². The predicted octanol–water partition coefficient (Wildman–Crippen LogP) is 2.65. The van der Waals surface area contributed by atoms with Gasteiger partial charge >= 0.3 is 12.0 Å². The van der Waals surface area contributed by atoms with Crippen LogP contribution in [0.1, 0.15) is 12.0 Å².